The Balaban J connectivity index is 1.71. The van der Waals surface area contributed by atoms with Crippen molar-refractivity contribution in [2.75, 3.05) is 13.7 Å². The molecule has 148 valence electrons. The van der Waals surface area contributed by atoms with Crippen LogP contribution in [0.15, 0.2) is 4.99 Å². The predicted molar refractivity (Wildman–Crippen MR) is 101 cm³/mol. The van der Waals surface area contributed by atoms with Gasteiger partial charge in [-0.1, -0.05) is 0 Å². The van der Waals surface area contributed by atoms with Crippen LogP contribution in [0, 0.1) is 36.5 Å². The van der Waals surface area contributed by atoms with Gasteiger partial charge in [0.15, 0.2) is 4.80 Å². The van der Waals surface area contributed by atoms with Crippen molar-refractivity contribution >= 4 is 23.2 Å². The first kappa shape index (κ1) is 18.9. The first-order chi connectivity index (χ1) is 12.8. The summed E-state index contributed by atoms with van der Waals surface area (Å²) in [4.78, 5) is 31.8. The van der Waals surface area contributed by atoms with Crippen LogP contribution in [0.3, 0.4) is 0 Å². The van der Waals surface area contributed by atoms with Crippen molar-refractivity contribution in [2.45, 2.75) is 58.9 Å². The summed E-state index contributed by atoms with van der Waals surface area (Å²) in [5.41, 5.74) is -0.174. The molecule has 0 aromatic carbocycles. The molecule has 6 nitrogen and oxygen atoms in total. The van der Waals surface area contributed by atoms with Gasteiger partial charge in [0.2, 0.25) is 0 Å². The number of hydrogen-bond acceptors (Lipinski definition) is 4. The molecule has 1 aromatic rings. The Morgan fingerprint density at radius 1 is 1.22 bits per heavy atom. The molecule has 1 heterocycles. The molecule has 27 heavy (non-hydrogen) atoms. The van der Waals surface area contributed by atoms with Crippen LogP contribution >= 0.6 is 11.3 Å². The Morgan fingerprint density at radius 3 is 2.44 bits per heavy atom. The normalized spacial score (nSPS) is 35.0. The lowest BCUT2D eigenvalue weighted by Crippen LogP contribution is -2.57. The molecular formula is C20H28N2O4S. The maximum Gasteiger partial charge on any atom is 0.309 e. The molecule has 0 radical (unpaired) electrons. The van der Waals surface area contributed by atoms with Crippen molar-refractivity contribution in [2.24, 2.45) is 27.7 Å². The van der Waals surface area contributed by atoms with E-state index in [0.29, 0.717) is 36.2 Å². The third-order valence-electron chi connectivity index (χ3n) is 7.07. The molecule has 2 atom stereocenters. The highest BCUT2D eigenvalue weighted by Gasteiger charge is 2.63. The summed E-state index contributed by atoms with van der Waals surface area (Å²) < 4.78 is 7.25. The topological polar surface area (TPSA) is 80.9 Å². The van der Waals surface area contributed by atoms with Crippen molar-refractivity contribution in [1.29, 1.82) is 0 Å². The standard InChI is InChI=1S/C20H28N2O4S/c1-12-13(2)27-18(22(12)4-5-26-3)21-16(23)19-7-14-6-15(8-19)10-20(9-14,11-19)17(24)25/h14-15H,4-11H2,1-3H3,(H,24,25)/b21-18-. The molecular weight excluding hydrogens is 364 g/mol. The van der Waals surface area contributed by atoms with Crippen LogP contribution in [0.1, 0.15) is 49.1 Å². The maximum absolute atomic E-state index is 13.4. The van der Waals surface area contributed by atoms with E-state index in [0.717, 1.165) is 42.7 Å². The minimum atomic E-state index is -0.716. The van der Waals surface area contributed by atoms with Gasteiger partial charge in [-0.2, -0.15) is 4.99 Å². The van der Waals surface area contributed by atoms with Gasteiger partial charge in [0, 0.05) is 24.2 Å². The number of methoxy groups -OCH3 is 1. The number of rotatable bonds is 5. The van der Waals surface area contributed by atoms with E-state index in [4.69, 9.17) is 4.74 Å². The van der Waals surface area contributed by atoms with Gasteiger partial charge >= 0.3 is 5.97 Å². The summed E-state index contributed by atoms with van der Waals surface area (Å²) in [5, 5.41) is 9.89. The maximum atomic E-state index is 13.4. The van der Waals surface area contributed by atoms with Gasteiger partial charge in [-0.25, -0.2) is 0 Å². The fourth-order valence-corrected chi connectivity index (χ4v) is 7.10. The van der Waals surface area contributed by atoms with Crippen LogP contribution in [0.4, 0.5) is 0 Å². The van der Waals surface area contributed by atoms with Gasteiger partial charge < -0.3 is 14.4 Å². The van der Waals surface area contributed by atoms with E-state index < -0.39 is 16.8 Å². The molecule has 0 aliphatic heterocycles. The molecule has 1 N–H and O–H groups in total. The van der Waals surface area contributed by atoms with Crippen LogP contribution in [0.25, 0.3) is 0 Å². The Hall–Kier alpha value is -1.47. The molecule has 0 saturated heterocycles. The summed E-state index contributed by atoms with van der Waals surface area (Å²) in [6.07, 6.45) is 4.63. The van der Waals surface area contributed by atoms with E-state index in [1.807, 2.05) is 13.8 Å². The molecule has 1 aromatic heterocycles. The molecule has 0 spiro atoms. The molecule has 2 unspecified atom stereocenters. The number of carboxylic acids is 1. The predicted octanol–water partition coefficient (Wildman–Crippen LogP) is 2.91. The van der Waals surface area contributed by atoms with E-state index >= 15 is 0 Å². The zero-order valence-corrected chi connectivity index (χ0v) is 17.1. The van der Waals surface area contributed by atoms with Gasteiger partial charge in [-0.05, 0) is 64.2 Å². The van der Waals surface area contributed by atoms with Gasteiger partial charge in [0.05, 0.1) is 17.4 Å². The number of nitrogens with zero attached hydrogens (tertiary/aromatic N) is 2. The van der Waals surface area contributed by atoms with Gasteiger partial charge in [0.25, 0.3) is 5.91 Å². The largest absolute Gasteiger partial charge is 0.481 e. The number of thiazole rings is 1. The molecule has 1 amide bonds. The SMILES string of the molecule is COCCn1c(C)c(C)s/c1=N\C(=O)C12CC3CC(CC(C(=O)O)(C3)C1)C2. The fraction of sp³-hybridized carbons (Fsp3) is 0.750. The highest BCUT2D eigenvalue weighted by molar-refractivity contribution is 7.09. The monoisotopic (exact) mass is 392 g/mol. The molecule has 4 aliphatic rings. The highest BCUT2D eigenvalue weighted by atomic mass is 32.1. The lowest BCUT2D eigenvalue weighted by molar-refractivity contribution is -0.177. The number of amides is 1. The fourth-order valence-electron chi connectivity index (χ4n) is 6.10. The van der Waals surface area contributed by atoms with E-state index in [1.165, 1.54) is 11.3 Å². The molecule has 4 saturated carbocycles. The minimum absolute atomic E-state index is 0.102. The Morgan fingerprint density at radius 2 is 1.85 bits per heavy atom. The Kier molecular flexibility index (Phi) is 4.58. The third kappa shape index (κ3) is 2.99. The van der Waals surface area contributed by atoms with Crippen molar-refractivity contribution in [3.05, 3.63) is 15.4 Å². The molecule has 4 bridgehead atoms. The number of hydrogen-bond donors (Lipinski definition) is 1. The van der Waals surface area contributed by atoms with Crippen LogP contribution in [0.2, 0.25) is 0 Å². The second-order valence-electron chi connectivity index (χ2n) is 8.91. The van der Waals surface area contributed by atoms with Crippen molar-refractivity contribution in [3.8, 4) is 0 Å². The van der Waals surface area contributed by atoms with Gasteiger partial charge in [0.1, 0.15) is 0 Å². The van der Waals surface area contributed by atoms with Crippen LogP contribution in [-0.2, 0) is 20.9 Å². The lowest BCUT2D eigenvalue weighted by Gasteiger charge is -2.59. The molecule has 4 aliphatic carbocycles. The zero-order valence-electron chi connectivity index (χ0n) is 16.3. The number of aliphatic carboxylic acids is 1. The lowest BCUT2D eigenvalue weighted by atomic mass is 9.44. The van der Waals surface area contributed by atoms with Crippen molar-refractivity contribution in [3.63, 3.8) is 0 Å². The number of carboxylic acid groups (broad SMARTS) is 1. The average Bonchev–Trinajstić information content (AvgIpc) is 2.85. The third-order valence-corrected chi connectivity index (χ3v) is 8.17. The number of carbonyl (C=O) groups is 2. The highest BCUT2D eigenvalue weighted by Crippen LogP contribution is 2.65. The zero-order chi connectivity index (χ0) is 19.4. The van der Waals surface area contributed by atoms with E-state index in [1.54, 1.807) is 7.11 Å². The quantitative estimate of drug-likeness (QED) is 0.835. The Labute approximate surface area is 163 Å². The number of carbonyl (C=O) groups excluding carboxylic acids is 1. The first-order valence-corrected chi connectivity index (χ1v) is 10.6. The first-order valence-electron chi connectivity index (χ1n) is 9.77. The summed E-state index contributed by atoms with van der Waals surface area (Å²) >= 11 is 1.53. The Bertz CT molecular complexity index is 839. The number of aryl methyl sites for hydroxylation is 1. The smallest absolute Gasteiger partial charge is 0.309 e. The summed E-state index contributed by atoms with van der Waals surface area (Å²) in [7, 11) is 1.66. The van der Waals surface area contributed by atoms with Gasteiger partial charge in [-0.15, -0.1) is 11.3 Å². The number of ether oxygens (including phenoxy) is 1. The van der Waals surface area contributed by atoms with E-state index in [2.05, 4.69) is 9.56 Å². The van der Waals surface area contributed by atoms with E-state index in [-0.39, 0.29) is 5.91 Å². The van der Waals surface area contributed by atoms with Crippen LogP contribution < -0.4 is 4.80 Å². The van der Waals surface area contributed by atoms with Crippen molar-refractivity contribution < 1.29 is 19.4 Å². The van der Waals surface area contributed by atoms with Crippen LogP contribution in [0.5, 0.6) is 0 Å². The summed E-state index contributed by atoms with van der Waals surface area (Å²) in [5.74, 6) is -0.107. The number of aromatic nitrogens is 1. The summed E-state index contributed by atoms with van der Waals surface area (Å²) in [6.45, 7) is 5.30. The summed E-state index contributed by atoms with van der Waals surface area (Å²) in [6, 6.07) is 0. The molecule has 7 heteroatoms. The van der Waals surface area contributed by atoms with Crippen molar-refractivity contribution in [1.82, 2.24) is 4.57 Å². The molecule has 4 fully saturated rings. The average molecular weight is 393 g/mol. The van der Waals surface area contributed by atoms with Gasteiger partial charge in [-0.3, -0.25) is 9.59 Å². The van der Waals surface area contributed by atoms with E-state index in [9.17, 15) is 14.7 Å². The van der Waals surface area contributed by atoms with Crippen LogP contribution in [-0.4, -0.2) is 35.3 Å². The minimum Gasteiger partial charge on any atom is -0.481 e. The molecule has 5 rings (SSSR count). The second kappa shape index (κ2) is 6.55. The second-order valence-corrected chi connectivity index (χ2v) is 10.1.